The van der Waals surface area contributed by atoms with Crippen molar-refractivity contribution in [3.05, 3.63) is 11.6 Å². The summed E-state index contributed by atoms with van der Waals surface area (Å²) in [6.07, 6.45) is -36.5. The standard InChI is InChI=1S/C62H100O31/c1-25-40(88-48-38(75)41(31(70)19-82-48)89-52-45(77)61(80,21-65)23-84-52)42(90-53-46(78)62(81,22-66)24-85-53)39(76)50(86-25)91-43-34(71)30(69)18-83-51(43)93-54(79)60-12-10-55(2,3)14-27(60)26-8-9-33-56(4)15-29(68)47(92-49-37(74)36(73)35(72)32(17-63)87-49)57(5,20-64)44(56)28(67)16-59(33,7)58(26,6)11-13-60/h8,25,27-53,63-78,80-81H,9-24H2,1-7H3/t25-,27-,28+,29-,30-,31+,32+,33?,34-,35+,36-,37+,38+,39+,40-,41-,42-,43+,44?,45-,46-,47-,48-,49-,50-,51-,52-,53-,56+,57-,58+,59+,60-,61+,62+/m0/s1. The molecule has 31 heteroatoms. The van der Waals surface area contributed by atoms with E-state index in [-0.39, 0.29) is 30.6 Å². The summed E-state index contributed by atoms with van der Waals surface area (Å²) in [6, 6.07) is 0. The van der Waals surface area contributed by atoms with Gasteiger partial charge in [0.15, 0.2) is 37.6 Å². The molecule has 0 bridgehead atoms. The molecule has 6 heterocycles. The fraction of sp³-hybridized carbons (Fsp3) is 0.952. The summed E-state index contributed by atoms with van der Waals surface area (Å²) in [5.74, 6) is -2.09. The van der Waals surface area contributed by atoms with Gasteiger partial charge in [-0.2, -0.15) is 0 Å². The second kappa shape index (κ2) is 26.2. The Kier molecular flexibility index (Phi) is 20.4. The predicted molar refractivity (Wildman–Crippen MR) is 307 cm³/mol. The molecule has 10 fully saturated rings. The van der Waals surface area contributed by atoms with E-state index in [2.05, 4.69) is 33.8 Å². The molecule has 6 saturated heterocycles. The third kappa shape index (κ3) is 11.9. The number of hydrogen-bond donors (Lipinski definition) is 18. The smallest absolute Gasteiger partial charge is 0.315 e. The van der Waals surface area contributed by atoms with Gasteiger partial charge in [-0.1, -0.05) is 53.2 Å². The van der Waals surface area contributed by atoms with E-state index in [9.17, 15) is 91.9 Å². The van der Waals surface area contributed by atoms with Crippen LogP contribution in [0, 0.1) is 50.2 Å². The first-order chi connectivity index (χ1) is 43.6. The van der Waals surface area contributed by atoms with Crippen molar-refractivity contribution < 1.29 is 154 Å². The second-order valence-electron chi connectivity index (χ2n) is 30.5. The molecule has 5 aliphatic carbocycles. The Morgan fingerprint density at radius 3 is 1.72 bits per heavy atom. The topological polar surface area (TPSA) is 492 Å². The largest absolute Gasteiger partial charge is 0.432 e. The first-order valence-corrected chi connectivity index (χ1v) is 32.6. The maximum absolute atomic E-state index is 15.6. The number of esters is 1. The van der Waals surface area contributed by atoms with Crippen LogP contribution in [-0.4, -0.2) is 316 Å². The summed E-state index contributed by atoms with van der Waals surface area (Å²) in [7, 11) is 0. The third-order valence-electron chi connectivity index (χ3n) is 24.3. The van der Waals surface area contributed by atoms with Crippen LogP contribution in [0.5, 0.6) is 0 Å². The Morgan fingerprint density at radius 2 is 1.11 bits per heavy atom. The lowest BCUT2D eigenvalue weighted by Crippen LogP contribution is -2.72. The van der Waals surface area contributed by atoms with E-state index in [1.165, 1.54) is 6.92 Å². The molecule has 6 aliphatic heterocycles. The molecule has 534 valence electrons. The van der Waals surface area contributed by atoms with Crippen LogP contribution in [0.3, 0.4) is 0 Å². The number of fused-ring (bicyclic) bond motifs is 7. The number of rotatable bonds is 16. The minimum absolute atomic E-state index is 0.0770. The monoisotopic (exact) mass is 1340 g/mol. The van der Waals surface area contributed by atoms with Gasteiger partial charge in [0, 0.05) is 11.3 Å². The van der Waals surface area contributed by atoms with Gasteiger partial charge >= 0.3 is 5.97 Å². The van der Waals surface area contributed by atoms with E-state index >= 15 is 4.79 Å². The number of hydrogen-bond acceptors (Lipinski definition) is 31. The molecule has 18 N–H and O–H groups in total. The first-order valence-electron chi connectivity index (χ1n) is 32.6. The van der Waals surface area contributed by atoms with Gasteiger partial charge in [-0.05, 0) is 91.8 Å². The highest BCUT2D eigenvalue weighted by atomic mass is 16.8. The molecule has 11 rings (SSSR count). The highest BCUT2D eigenvalue weighted by molar-refractivity contribution is 5.79. The number of aliphatic hydroxyl groups is 18. The molecule has 2 unspecified atom stereocenters. The number of carbonyl (C=O) groups is 1. The third-order valence-corrected chi connectivity index (χ3v) is 24.3. The van der Waals surface area contributed by atoms with Gasteiger partial charge in [-0.15, -0.1) is 0 Å². The van der Waals surface area contributed by atoms with Crippen molar-refractivity contribution in [2.24, 2.45) is 50.2 Å². The fourth-order valence-electron chi connectivity index (χ4n) is 18.7. The van der Waals surface area contributed by atoms with Gasteiger partial charge in [0.2, 0.25) is 6.29 Å². The summed E-state index contributed by atoms with van der Waals surface area (Å²) in [4.78, 5) is 15.6. The average Bonchev–Trinajstić information content (AvgIpc) is 1.07. The Hall–Kier alpha value is -1.95. The number of allylic oxidation sites excluding steroid dienone is 2. The predicted octanol–water partition coefficient (Wildman–Crippen LogP) is -5.89. The molecule has 93 heavy (non-hydrogen) atoms. The molecule has 31 nitrogen and oxygen atoms in total. The Bertz CT molecular complexity index is 2660. The summed E-state index contributed by atoms with van der Waals surface area (Å²) in [5, 5.41) is 199. The minimum atomic E-state index is -2.23. The summed E-state index contributed by atoms with van der Waals surface area (Å²) in [6.45, 7) is 8.21. The van der Waals surface area contributed by atoms with Crippen molar-refractivity contribution in [2.45, 2.75) is 265 Å². The van der Waals surface area contributed by atoms with Crippen molar-refractivity contribution in [1.82, 2.24) is 0 Å². The van der Waals surface area contributed by atoms with Crippen LogP contribution in [-0.2, 0) is 61.6 Å². The Balaban J connectivity index is 0.839. The van der Waals surface area contributed by atoms with Gasteiger partial charge in [-0.3, -0.25) is 4.79 Å². The Morgan fingerprint density at radius 1 is 0.538 bits per heavy atom. The van der Waals surface area contributed by atoms with Crippen LogP contribution in [0.1, 0.15) is 99.8 Å². The normalized spacial score (nSPS) is 55.5. The molecule has 35 atom stereocenters. The van der Waals surface area contributed by atoms with Gasteiger partial charge in [0.05, 0.1) is 82.7 Å². The Labute approximate surface area is 537 Å². The number of carbonyl (C=O) groups excluding carboxylic acids is 1. The molecule has 0 radical (unpaired) electrons. The maximum Gasteiger partial charge on any atom is 0.315 e. The fourth-order valence-corrected chi connectivity index (χ4v) is 18.7. The summed E-state index contributed by atoms with van der Waals surface area (Å²) in [5.41, 5.74) is -8.51. The van der Waals surface area contributed by atoms with Crippen molar-refractivity contribution in [2.75, 3.05) is 52.9 Å². The average molecular weight is 1340 g/mol. The first kappa shape index (κ1) is 72.3. The summed E-state index contributed by atoms with van der Waals surface area (Å²) < 4.78 is 71.6. The van der Waals surface area contributed by atoms with Crippen molar-refractivity contribution in [3.8, 4) is 0 Å². The molecule has 11 aliphatic rings. The summed E-state index contributed by atoms with van der Waals surface area (Å²) >= 11 is 0. The quantitative estimate of drug-likeness (QED) is 0.0389. The zero-order chi connectivity index (χ0) is 67.8. The van der Waals surface area contributed by atoms with E-state index in [0.29, 0.717) is 32.1 Å². The highest BCUT2D eigenvalue weighted by Crippen LogP contribution is 2.76. The van der Waals surface area contributed by atoms with Gasteiger partial charge in [0.25, 0.3) is 0 Å². The number of aliphatic hydroxyl groups excluding tert-OH is 16. The van der Waals surface area contributed by atoms with Crippen LogP contribution in [0.4, 0.5) is 0 Å². The van der Waals surface area contributed by atoms with E-state index in [1.807, 2.05) is 6.92 Å². The zero-order valence-corrected chi connectivity index (χ0v) is 53.4. The van der Waals surface area contributed by atoms with Crippen LogP contribution in [0.25, 0.3) is 0 Å². The van der Waals surface area contributed by atoms with Crippen LogP contribution < -0.4 is 0 Å². The van der Waals surface area contributed by atoms with Crippen molar-refractivity contribution in [1.29, 1.82) is 0 Å². The van der Waals surface area contributed by atoms with Gasteiger partial charge in [0.1, 0.15) is 96.7 Å². The van der Waals surface area contributed by atoms with Gasteiger partial charge in [-0.25, -0.2) is 0 Å². The van der Waals surface area contributed by atoms with Crippen LogP contribution in [0.15, 0.2) is 11.6 Å². The van der Waals surface area contributed by atoms with E-state index in [0.717, 1.165) is 5.57 Å². The molecule has 0 spiro atoms. The molecule has 4 saturated carbocycles. The van der Waals surface area contributed by atoms with E-state index < -0.39 is 263 Å². The lowest BCUT2D eigenvalue weighted by Gasteiger charge is -2.72. The molecule has 0 aromatic heterocycles. The van der Waals surface area contributed by atoms with E-state index in [4.69, 9.17) is 56.8 Å². The molecular formula is C62H100O31. The second-order valence-corrected chi connectivity index (χ2v) is 30.5. The lowest BCUT2D eigenvalue weighted by atomic mass is 9.33. The highest BCUT2D eigenvalue weighted by Gasteiger charge is 2.74. The SMILES string of the molecule is C[C@@H]1O[C@@H](O[C@H]2[C@H](OC(=O)[C@]34CCC(C)(C)C[C@H]3C3=CCC5[C@@]6(C)C[C@H](O)[C@H](O[C@@H]7O[C@H](CO)[C@@H](O)[C@H](O)[C@H]7O)[C@@](C)(CO)C6[C@H](O)C[C@@]5(C)[C@]3(C)CC4)OC[C@H](O)[C@@H]2O)[C@H](O)[C@H](O[C@@H]2OC[C@](O)(CO)[C@H]2O)[C@H]1O[C@@H]1OC[C@@H](O)[C@H](O[C@@H]2OC[C@](O)(CO)[C@H]2O)[C@H]1O. The van der Waals surface area contributed by atoms with Crippen molar-refractivity contribution >= 4 is 5.97 Å². The molecule has 0 aromatic rings. The zero-order valence-electron chi connectivity index (χ0n) is 53.4. The van der Waals surface area contributed by atoms with Crippen LogP contribution in [0.2, 0.25) is 0 Å². The lowest BCUT2D eigenvalue weighted by molar-refractivity contribution is -0.383. The van der Waals surface area contributed by atoms with Crippen LogP contribution >= 0.6 is 0 Å². The number of ether oxygens (including phenoxy) is 12. The molecular weight excluding hydrogens is 1240 g/mol. The van der Waals surface area contributed by atoms with E-state index in [1.54, 1.807) is 6.92 Å². The molecule has 0 aromatic carbocycles. The van der Waals surface area contributed by atoms with Gasteiger partial charge < -0.3 is 149 Å². The molecule has 0 amide bonds. The maximum atomic E-state index is 15.6. The minimum Gasteiger partial charge on any atom is -0.432 e. The van der Waals surface area contributed by atoms with Crippen molar-refractivity contribution in [3.63, 3.8) is 0 Å².